The normalized spacial score (nSPS) is 24.9. The van der Waals surface area contributed by atoms with Crippen LogP contribution in [0.1, 0.15) is 18.4 Å². The number of hydrogen-bond acceptors (Lipinski definition) is 1. The Labute approximate surface area is 111 Å². The van der Waals surface area contributed by atoms with Crippen LogP contribution in [-0.2, 0) is 11.2 Å². The molecule has 0 saturated carbocycles. The molecule has 1 heterocycles. The average molecular weight is 277 g/mol. The first kappa shape index (κ1) is 13.1. The van der Waals surface area contributed by atoms with E-state index in [2.05, 4.69) is 0 Å². The molecule has 1 aromatic rings. The van der Waals surface area contributed by atoms with Gasteiger partial charge in [0.1, 0.15) is 5.82 Å². The van der Waals surface area contributed by atoms with Crippen LogP contribution in [0.25, 0.3) is 0 Å². The molecule has 1 aliphatic heterocycles. The van der Waals surface area contributed by atoms with Gasteiger partial charge in [0.25, 0.3) is 0 Å². The molecule has 1 fully saturated rings. The van der Waals surface area contributed by atoms with Gasteiger partial charge in [-0.25, -0.2) is 4.39 Å². The van der Waals surface area contributed by atoms with Crippen molar-refractivity contribution in [1.29, 1.82) is 0 Å². The molecule has 1 nitrogen and oxygen atoms in total. The van der Waals surface area contributed by atoms with E-state index in [9.17, 15) is 4.39 Å². The van der Waals surface area contributed by atoms with Crippen LogP contribution >= 0.6 is 23.2 Å². The summed E-state index contributed by atoms with van der Waals surface area (Å²) in [7, 11) is 0. The highest BCUT2D eigenvalue weighted by molar-refractivity contribution is 6.31. The van der Waals surface area contributed by atoms with Gasteiger partial charge >= 0.3 is 0 Å². The lowest BCUT2D eigenvalue weighted by molar-refractivity contribution is 0.00476. The standard InChI is InChI=1S/C13H15Cl2FO/c14-8-13(5-2-6-17-9-13)7-10-3-1-4-11(16)12(10)15/h1,3-4H,2,5-9H2. The van der Waals surface area contributed by atoms with Crippen LogP contribution in [-0.4, -0.2) is 19.1 Å². The summed E-state index contributed by atoms with van der Waals surface area (Å²) in [5, 5.41) is 0.211. The van der Waals surface area contributed by atoms with E-state index in [0.717, 1.165) is 25.0 Å². The minimum atomic E-state index is -0.370. The zero-order valence-corrected chi connectivity index (χ0v) is 11.0. The fourth-order valence-electron chi connectivity index (χ4n) is 2.29. The van der Waals surface area contributed by atoms with E-state index < -0.39 is 0 Å². The highest BCUT2D eigenvalue weighted by atomic mass is 35.5. The zero-order chi connectivity index (χ0) is 12.3. The molecule has 0 amide bonds. The Bertz CT molecular complexity index is 389. The third-order valence-electron chi connectivity index (χ3n) is 3.28. The Morgan fingerprint density at radius 2 is 2.24 bits per heavy atom. The quantitative estimate of drug-likeness (QED) is 0.757. The number of hydrogen-bond donors (Lipinski definition) is 0. The molecule has 94 valence electrons. The SMILES string of the molecule is Fc1cccc(CC2(CCl)CCCOC2)c1Cl. The molecule has 1 aromatic carbocycles. The van der Waals surface area contributed by atoms with Crippen LogP contribution in [0.5, 0.6) is 0 Å². The van der Waals surface area contributed by atoms with Crippen molar-refractivity contribution in [3.63, 3.8) is 0 Å². The molecule has 0 spiro atoms. The van der Waals surface area contributed by atoms with Crippen molar-refractivity contribution in [3.8, 4) is 0 Å². The number of halogens is 3. The molecule has 4 heteroatoms. The van der Waals surface area contributed by atoms with Crippen LogP contribution in [0.4, 0.5) is 4.39 Å². The lowest BCUT2D eigenvalue weighted by Gasteiger charge is -2.35. The van der Waals surface area contributed by atoms with E-state index in [1.807, 2.05) is 6.07 Å². The molecule has 0 radical (unpaired) electrons. The van der Waals surface area contributed by atoms with Crippen molar-refractivity contribution in [1.82, 2.24) is 0 Å². The summed E-state index contributed by atoms with van der Waals surface area (Å²) in [6.45, 7) is 1.42. The highest BCUT2D eigenvalue weighted by Crippen LogP contribution is 2.36. The predicted octanol–water partition coefficient (Wildman–Crippen LogP) is 4.06. The average Bonchev–Trinajstić information content (AvgIpc) is 2.36. The Hall–Kier alpha value is -0.310. The van der Waals surface area contributed by atoms with E-state index in [1.54, 1.807) is 6.07 Å². The summed E-state index contributed by atoms with van der Waals surface area (Å²) in [6, 6.07) is 4.91. The topological polar surface area (TPSA) is 9.23 Å². The van der Waals surface area contributed by atoms with Gasteiger partial charge in [0, 0.05) is 17.9 Å². The summed E-state index contributed by atoms with van der Waals surface area (Å²) >= 11 is 12.0. The first-order valence-corrected chi connectivity index (χ1v) is 6.65. The van der Waals surface area contributed by atoms with E-state index in [1.165, 1.54) is 6.07 Å². The highest BCUT2D eigenvalue weighted by Gasteiger charge is 2.33. The van der Waals surface area contributed by atoms with Crippen molar-refractivity contribution in [2.45, 2.75) is 19.3 Å². The van der Waals surface area contributed by atoms with Crippen LogP contribution < -0.4 is 0 Å². The molecular formula is C13H15Cl2FO. The maximum Gasteiger partial charge on any atom is 0.142 e. The second-order valence-electron chi connectivity index (χ2n) is 4.68. The fraction of sp³-hybridized carbons (Fsp3) is 0.538. The van der Waals surface area contributed by atoms with Crippen LogP contribution in [0.2, 0.25) is 5.02 Å². The van der Waals surface area contributed by atoms with Crippen LogP contribution in [0.3, 0.4) is 0 Å². The smallest absolute Gasteiger partial charge is 0.142 e. The first-order valence-electron chi connectivity index (χ1n) is 5.73. The van der Waals surface area contributed by atoms with E-state index in [-0.39, 0.29) is 16.3 Å². The summed E-state index contributed by atoms with van der Waals surface area (Å²) in [5.74, 6) is 0.144. The van der Waals surface area contributed by atoms with Gasteiger partial charge in [-0.05, 0) is 30.9 Å². The molecular weight excluding hydrogens is 262 g/mol. The van der Waals surface area contributed by atoms with Gasteiger partial charge in [0.05, 0.1) is 11.6 Å². The monoisotopic (exact) mass is 276 g/mol. The summed E-state index contributed by atoms with van der Waals surface area (Å²) in [6.07, 6.45) is 2.68. The second-order valence-corrected chi connectivity index (χ2v) is 5.32. The van der Waals surface area contributed by atoms with Gasteiger partial charge in [-0.2, -0.15) is 0 Å². The van der Waals surface area contributed by atoms with E-state index >= 15 is 0 Å². The molecule has 2 rings (SSSR count). The number of alkyl halides is 1. The molecule has 1 atom stereocenters. The largest absolute Gasteiger partial charge is 0.381 e. The predicted molar refractivity (Wildman–Crippen MR) is 68.3 cm³/mol. The lowest BCUT2D eigenvalue weighted by Crippen LogP contribution is -2.35. The summed E-state index contributed by atoms with van der Waals surface area (Å²) < 4.78 is 18.9. The van der Waals surface area contributed by atoms with Gasteiger partial charge in [-0.15, -0.1) is 11.6 Å². The molecule has 0 bridgehead atoms. The number of rotatable bonds is 3. The van der Waals surface area contributed by atoms with E-state index in [0.29, 0.717) is 18.9 Å². The van der Waals surface area contributed by atoms with Crippen molar-refractivity contribution in [2.75, 3.05) is 19.1 Å². The lowest BCUT2D eigenvalue weighted by atomic mass is 9.79. The molecule has 1 aliphatic rings. The maximum atomic E-state index is 13.4. The Balaban J connectivity index is 2.20. The molecule has 0 aromatic heterocycles. The third kappa shape index (κ3) is 2.93. The summed E-state index contributed by atoms with van der Waals surface area (Å²) in [5.41, 5.74) is 0.717. The zero-order valence-electron chi connectivity index (χ0n) is 9.52. The van der Waals surface area contributed by atoms with Gasteiger partial charge < -0.3 is 4.74 Å². The van der Waals surface area contributed by atoms with Crippen molar-refractivity contribution < 1.29 is 9.13 Å². The van der Waals surface area contributed by atoms with Crippen molar-refractivity contribution in [3.05, 3.63) is 34.6 Å². The minimum absolute atomic E-state index is 0.1000. The fourth-order valence-corrected chi connectivity index (χ4v) is 2.79. The van der Waals surface area contributed by atoms with Gasteiger partial charge in [0.15, 0.2) is 0 Å². The van der Waals surface area contributed by atoms with Crippen LogP contribution in [0.15, 0.2) is 18.2 Å². The molecule has 1 unspecified atom stereocenters. The molecule has 0 aliphatic carbocycles. The summed E-state index contributed by atoms with van der Waals surface area (Å²) in [4.78, 5) is 0. The van der Waals surface area contributed by atoms with Crippen molar-refractivity contribution in [2.24, 2.45) is 5.41 Å². The Morgan fingerprint density at radius 1 is 1.41 bits per heavy atom. The first-order chi connectivity index (χ1) is 8.17. The Morgan fingerprint density at radius 3 is 2.88 bits per heavy atom. The number of benzene rings is 1. The van der Waals surface area contributed by atoms with Gasteiger partial charge in [-0.3, -0.25) is 0 Å². The van der Waals surface area contributed by atoms with E-state index in [4.69, 9.17) is 27.9 Å². The third-order valence-corrected chi connectivity index (χ3v) is 4.27. The van der Waals surface area contributed by atoms with Crippen LogP contribution in [0, 0.1) is 11.2 Å². The van der Waals surface area contributed by atoms with Crippen molar-refractivity contribution >= 4 is 23.2 Å². The van der Waals surface area contributed by atoms with Gasteiger partial charge in [0.2, 0.25) is 0 Å². The molecule has 17 heavy (non-hydrogen) atoms. The van der Waals surface area contributed by atoms with Gasteiger partial charge in [-0.1, -0.05) is 23.7 Å². The minimum Gasteiger partial charge on any atom is -0.381 e. The molecule has 0 N–H and O–H groups in total. The maximum absolute atomic E-state index is 13.4. The number of ether oxygens (including phenoxy) is 1. The second kappa shape index (κ2) is 5.55. The molecule has 1 saturated heterocycles. The Kier molecular flexibility index (Phi) is 4.29.